The highest BCUT2D eigenvalue weighted by Gasteiger charge is 2.24. The molecule has 0 bridgehead atoms. The van der Waals surface area contributed by atoms with Gasteiger partial charge in [0, 0.05) is 50.1 Å². The largest absolute Gasteiger partial charge is 0.336 e. The number of carbonyl (C=O) groups excluding carboxylic acids is 2. The molecule has 2 aliphatic rings. The zero-order valence-corrected chi connectivity index (χ0v) is 19.2. The summed E-state index contributed by atoms with van der Waals surface area (Å²) in [4.78, 5) is 27.8. The summed E-state index contributed by atoms with van der Waals surface area (Å²) < 4.78 is 0. The summed E-state index contributed by atoms with van der Waals surface area (Å²) in [6.07, 6.45) is 5.43. The molecule has 2 unspecified atom stereocenters. The van der Waals surface area contributed by atoms with E-state index < -0.39 is 0 Å². The number of nitrogens with one attached hydrogen (secondary N) is 4. The number of hydrogen-bond acceptors (Lipinski definition) is 4. The minimum Gasteiger partial charge on any atom is -0.336 e. The Labute approximate surface area is 195 Å². The van der Waals surface area contributed by atoms with E-state index in [9.17, 15) is 9.59 Å². The van der Waals surface area contributed by atoms with Gasteiger partial charge < -0.3 is 15.5 Å². The maximum absolute atomic E-state index is 12.6. The molecule has 0 aliphatic carbocycles. The number of hydrogen-bond donors (Lipinski definition) is 4. The van der Waals surface area contributed by atoms with Crippen LogP contribution in [0.1, 0.15) is 43.7 Å². The van der Waals surface area contributed by atoms with Crippen molar-refractivity contribution in [3.8, 4) is 0 Å². The molecule has 2 aromatic rings. The first kappa shape index (κ1) is 23.1. The van der Waals surface area contributed by atoms with Gasteiger partial charge >= 0.3 is 12.1 Å². The number of urea groups is 2. The molecule has 33 heavy (non-hydrogen) atoms. The second-order valence-corrected chi connectivity index (χ2v) is 8.82. The molecule has 8 heteroatoms. The Morgan fingerprint density at radius 2 is 1.94 bits per heavy atom. The monoisotopic (exact) mass is 450 g/mol. The molecule has 4 N–H and O–H groups in total. The molecule has 0 aromatic heterocycles. The molecule has 0 spiro atoms. The summed E-state index contributed by atoms with van der Waals surface area (Å²) in [6.45, 7) is 1.98. The smallest absolute Gasteiger partial charge is 0.321 e. The number of unbranched alkanes of at least 4 members (excludes halogenated alkanes) is 2. The van der Waals surface area contributed by atoms with Crippen molar-refractivity contribution in [3.05, 3.63) is 60.2 Å². The van der Waals surface area contributed by atoms with Gasteiger partial charge in [-0.1, -0.05) is 49.2 Å². The minimum atomic E-state index is -0.134. The van der Waals surface area contributed by atoms with E-state index in [1.807, 2.05) is 37.4 Å². The van der Waals surface area contributed by atoms with Crippen molar-refractivity contribution in [2.24, 2.45) is 0 Å². The molecular formula is C25H34N6O2. The SMILES string of the molecule is CN(CCCCCC1CC(c2ccccc2)NN1)C(=O)Nc1cccc(N2CCNC2=O)c1. The fourth-order valence-electron chi connectivity index (χ4n) is 4.42. The van der Waals surface area contributed by atoms with Crippen LogP contribution in [0.2, 0.25) is 0 Å². The zero-order chi connectivity index (χ0) is 23.0. The van der Waals surface area contributed by atoms with Gasteiger partial charge in [0.1, 0.15) is 0 Å². The predicted molar refractivity (Wildman–Crippen MR) is 131 cm³/mol. The summed E-state index contributed by atoms with van der Waals surface area (Å²) in [5.74, 6) is 0. The average molecular weight is 451 g/mol. The maximum atomic E-state index is 12.6. The highest BCUT2D eigenvalue weighted by molar-refractivity contribution is 5.95. The topological polar surface area (TPSA) is 88.7 Å². The van der Waals surface area contributed by atoms with Crippen LogP contribution in [0.3, 0.4) is 0 Å². The highest BCUT2D eigenvalue weighted by atomic mass is 16.2. The molecule has 2 heterocycles. The van der Waals surface area contributed by atoms with Crippen LogP contribution in [0.4, 0.5) is 21.0 Å². The van der Waals surface area contributed by atoms with Crippen LogP contribution in [0.25, 0.3) is 0 Å². The van der Waals surface area contributed by atoms with E-state index in [-0.39, 0.29) is 12.1 Å². The lowest BCUT2D eigenvalue weighted by atomic mass is 9.99. The Bertz CT molecular complexity index is 938. The van der Waals surface area contributed by atoms with E-state index >= 15 is 0 Å². The van der Waals surface area contributed by atoms with Crippen LogP contribution < -0.4 is 26.4 Å². The van der Waals surface area contributed by atoms with Crippen LogP contribution in [-0.4, -0.2) is 49.7 Å². The van der Waals surface area contributed by atoms with E-state index in [2.05, 4.69) is 45.8 Å². The molecule has 176 valence electrons. The number of anilines is 2. The lowest BCUT2D eigenvalue weighted by molar-refractivity contribution is 0.221. The fourth-order valence-corrected chi connectivity index (χ4v) is 4.42. The van der Waals surface area contributed by atoms with E-state index in [1.54, 1.807) is 9.80 Å². The zero-order valence-electron chi connectivity index (χ0n) is 19.2. The Morgan fingerprint density at radius 1 is 1.09 bits per heavy atom. The summed E-state index contributed by atoms with van der Waals surface area (Å²) >= 11 is 0. The van der Waals surface area contributed by atoms with Crippen molar-refractivity contribution in [2.45, 2.75) is 44.2 Å². The van der Waals surface area contributed by atoms with Crippen LogP contribution in [0.15, 0.2) is 54.6 Å². The third-order valence-electron chi connectivity index (χ3n) is 6.34. The van der Waals surface area contributed by atoms with Crippen molar-refractivity contribution in [2.75, 3.05) is 36.9 Å². The summed E-state index contributed by atoms with van der Waals surface area (Å²) in [5, 5.41) is 5.73. The Kier molecular flexibility index (Phi) is 7.80. The molecule has 2 atom stereocenters. The van der Waals surface area contributed by atoms with Crippen LogP contribution in [-0.2, 0) is 0 Å². The van der Waals surface area contributed by atoms with Crippen LogP contribution >= 0.6 is 0 Å². The molecule has 2 aliphatic heterocycles. The molecular weight excluding hydrogens is 416 g/mol. The normalized spacial score (nSPS) is 20.0. The van der Waals surface area contributed by atoms with Gasteiger partial charge in [-0.25, -0.2) is 9.59 Å². The standard InChI is InChI=1S/C25H34N6O2/c1-30(25(33)27-20-12-8-13-22(17-20)31-16-14-26-24(31)32)15-7-3-6-11-21-18-23(29-28-21)19-9-4-2-5-10-19/h2,4-5,8-10,12-13,17,21,23,28-29H,3,6-7,11,14-16,18H2,1H3,(H,26,32)(H,27,33). The number of hydrazine groups is 1. The van der Waals surface area contributed by atoms with Gasteiger partial charge in [-0.05, 0) is 43.0 Å². The molecule has 2 aromatic carbocycles. The summed E-state index contributed by atoms with van der Waals surface area (Å²) in [6, 6.07) is 18.6. The average Bonchev–Trinajstić information content (AvgIpc) is 3.48. The lowest BCUT2D eigenvalue weighted by Gasteiger charge is -2.19. The number of rotatable bonds is 9. The molecule has 0 radical (unpaired) electrons. The Morgan fingerprint density at radius 3 is 2.73 bits per heavy atom. The first-order chi connectivity index (χ1) is 16.1. The lowest BCUT2D eigenvalue weighted by Crippen LogP contribution is -2.32. The van der Waals surface area contributed by atoms with E-state index in [0.717, 1.165) is 37.8 Å². The summed E-state index contributed by atoms with van der Waals surface area (Å²) in [5.41, 5.74) is 9.64. The number of amides is 4. The van der Waals surface area contributed by atoms with Crippen LogP contribution in [0.5, 0.6) is 0 Å². The van der Waals surface area contributed by atoms with Crippen molar-refractivity contribution < 1.29 is 9.59 Å². The molecule has 2 fully saturated rings. The van der Waals surface area contributed by atoms with Crippen molar-refractivity contribution in [1.29, 1.82) is 0 Å². The molecule has 4 rings (SSSR count). The third kappa shape index (κ3) is 6.24. The minimum absolute atomic E-state index is 0.102. The van der Waals surface area contributed by atoms with Gasteiger partial charge in [0.25, 0.3) is 0 Å². The second-order valence-electron chi connectivity index (χ2n) is 8.82. The Balaban J connectivity index is 1.13. The first-order valence-electron chi connectivity index (χ1n) is 11.8. The first-order valence-corrected chi connectivity index (χ1v) is 11.8. The number of benzene rings is 2. The molecule has 2 saturated heterocycles. The predicted octanol–water partition coefficient (Wildman–Crippen LogP) is 3.85. The molecule has 4 amide bonds. The molecule has 8 nitrogen and oxygen atoms in total. The van der Waals surface area contributed by atoms with E-state index in [1.165, 1.54) is 5.56 Å². The van der Waals surface area contributed by atoms with Crippen molar-refractivity contribution in [1.82, 2.24) is 21.1 Å². The fraction of sp³-hybridized carbons (Fsp3) is 0.440. The van der Waals surface area contributed by atoms with E-state index in [0.29, 0.717) is 37.4 Å². The van der Waals surface area contributed by atoms with Gasteiger partial charge in [0.05, 0.1) is 0 Å². The molecule has 0 saturated carbocycles. The summed E-state index contributed by atoms with van der Waals surface area (Å²) in [7, 11) is 1.82. The quantitative estimate of drug-likeness (QED) is 0.437. The highest BCUT2D eigenvalue weighted by Crippen LogP contribution is 2.24. The van der Waals surface area contributed by atoms with Crippen molar-refractivity contribution >= 4 is 23.4 Å². The maximum Gasteiger partial charge on any atom is 0.321 e. The van der Waals surface area contributed by atoms with Crippen molar-refractivity contribution in [3.63, 3.8) is 0 Å². The van der Waals surface area contributed by atoms with Gasteiger partial charge in [-0.3, -0.25) is 15.8 Å². The van der Waals surface area contributed by atoms with Gasteiger partial charge in [-0.15, -0.1) is 0 Å². The van der Waals surface area contributed by atoms with Gasteiger partial charge in [0.15, 0.2) is 0 Å². The van der Waals surface area contributed by atoms with E-state index in [4.69, 9.17) is 0 Å². The number of carbonyl (C=O) groups is 2. The van der Waals surface area contributed by atoms with Gasteiger partial charge in [0.2, 0.25) is 0 Å². The van der Waals surface area contributed by atoms with Gasteiger partial charge in [-0.2, -0.15) is 0 Å². The number of nitrogens with zero attached hydrogens (tertiary/aromatic N) is 2. The second kappa shape index (κ2) is 11.2. The third-order valence-corrected chi connectivity index (χ3v) is 6.34. The van der Waals surface area contributed by atoms with Crippen LogP contribution in [0, 0.1) is 0 Å². The Hall–Kier alpha value is -3.10.